The van der Waals surface area contributed by atoms with Crippen molar-refractivity contribution in [3.05, 3.63) is 64.7 Å². The Balaban J connectivity index is 1.52. The monoisotopic (exact) mass is 366 g/mol. The summed E-state index contributed by atoms with van der Waals surface area (Å²) < 4.78 is 5.32. The first-order valence-electron chi connectivity index (χ1n) is 9.18. The number of aliphatic hydroxyl groups is 1. The van der Waals surface area contributed by atoms with Crippen LogP contribution in [0.25, 0.3) is 0 Å². The number of fused-ring (bicyclic) bond motifs is 2. The molecule has 0 spiro atoms. The normalized spacial score (nSPS) is 18.0. The van der Waals surface area contributed by atoms with Crippen LogP contribution in [0.2, 0.25) is 0 Å². The molecule has 6 nitrogen and oxygen atoms in total. The van der Waals surface area contributed by atoms with Crippen molar-refractivity contribution in [2.45, 2.75) is 6.10 Å². The van der Waals surface area contributed by atoms with Gasteiger partial charge in [-0.1, -0.05) is 36.4 Å². The molecule has 1 fully saturated rings. The van der Waals surface area contributed by atoms with E-state index < -0.39 is 6.10 Å². The van der Waals surface area contributed by atoms with Gasteiger partial charge in [-0.05, 0) is 6.07 Å². The SMILES string of the molecule is O=C1c2ccccc2C(=O)c2c(NCC(O)CN3CCOCC3)cccc21. The van der Waals surface area contributed by atoms with E-state index in [4.69, 9.17) is 4.74 Å². The van der Waals surface area contributed by atoms with E-state index in [9.17, 15) is 14.7 Å². The summed E-state index contributed by atoms with van der Waals surface area (Å²) >= 11 is 0. The summed E-state index contributed by atoms with van der Waals surface area (Å²) in [6.07, 6.45) is -0.583. The Labute approximate surface area is 157 Å². The summed E-state index contributed by atoms with van der Waals surface area (Å²) in [7, 11) is 0. The van der Waals surface area contributed by atoms with Crippen molar-refractivity contribution in [3.63, 3.8) is 0 Å². The predicted molar refractivity (Wildman–Crippen MR) is 102 cm³/mol. The average molecular weight is 366 g/mol. The van der Waals surface area contributed by atoms with Gasteiger partial charge in [-0.2, -0.15) is 0 Å². The van der Waals surface area contributed by atoms with E-state index in [1.165, 1.54) is 0 Å². The van der Waals surface area contributed by atoms with Gasteiger partial charge in [-0.25, -0.2) is 0 Å². The molecule has 27 heavy (non-hydrogen) atoms. The quantitative estimate of drug-likeness (QED) is 0.714. The van der Waals surface area contributed by atoms with Crippen molar-refractivity contribution >= 4 is 17.3 Å². The first-order valence-corrected chi connectivity index (χ1v) is 9.18. The van der Waals surface area contributed by atoms with Gasteiger partial charge in [0.25, 0.3) is 0 Å². The Morgan fingerprint density at radius 1 is 0.963 bits per heavy atom. The van der Waals surface area contributed by atoms with Crippen LogP contribution in [0, 0.1) is 0 Å². The van der Waals surface area contributed by atoms with Crippen molar-refractivity contribution in [2.24, 2.45) is 0 Å². The molecule has 2 N–H and O–H groups in total. The summed E-state index contributed by atoms with van der Waals surface area (Å²) in [5.41, 5.74) is 2.25. The second kappa shape index (κ2) is 7.60. The van der Waals surface area contributed by atoms with Crippen LogP contribution in [-0.4, -0.2) is 67.1 Å². The lowest BCUT2D eigenvalue weighted by atomic mass is 9.83. The minimum atomic E-state index is -0.583. The predicted octanol–water partition coefficient (Wildman–Crippen LogP) is 1.57. The van der Waals surface area contributed by atoms with Crippen LogP contribution in [0.4, 0.5) is 5.69 Å². The van der Waals surface area contributed by atoms with Crippen LogP contribution in [0.3, 0.4) is 0 Å². The Bertz CT molecular complexity index is 874. The third kappa shape index (κ3) is 3.51. The number of rotatable bonds is 5. The molecule has 0 aromatic heterocycles. The van der Waals surface area contributed by atoms with Gasteiger partial charge in [0.05, 0.1) is 24.9 Å². The molecular weight excluding hydrogens is 344 g/mol. The topological polar surface area (TPSA) is 78.9 Å². The molecule has 1 atom stereocenters. The summed E-state index contributed by atoms with van der Waals surface area (Å²) in [5.74, 6) is -0.302. The number of carbonyl (C=O) groups is 2. The van der Waals surface area contributed by atoms with Gasteiger partial charge in [-0.3, -0.25) is 14.5 Å². The number of hydrogen-bond donors (Lipinski definition) is 2. The largest absolute Gasteiger partial charge is 0.390 e. The Kier molecular flexibility index (Phi) is 5.03. The maximum Gasteiger partial charge on any atom is 0.196 e. The summed E-state index contributed by atoms with van der Waals surface area (Å²) in [6, 6.07) is 12.1. The van der Waals surface area contributed by atoms with Crippen molar-refractivity contribution in [1.29, 1.82) is 0 Å². The number of nitrogens with zero attached hydrogens (tertiary/aromatic N) is 1. The molecule has 1 unspecified atom stereocenters. The van der Waals surface area contributed by atoms with Gasteiger partial charge in [0.1, 0.15) is 0 Å². The number of ether oxygens (including phenoxy) is 1. The van der Waals surface area contributed by atoms with Gasteiger partial charge >= 0.3 is 0 Å². The van der Waals surface area contributed by atoms with Crippen LogP contribution < -0.4 is 5.32 Å². The highest BCUT2D eigenvalue weighted by atomic mass is 16.5. The van der Waals surface area contributed by atoms with E-state index in [1.807, 2.05) is 0 Å². The molecule has 1 heterocycles. The van der Waals surface area contributed by atoms with E-state index in [2.05, 4.69) is 10.2 Å². The van der Waals surface area contributed by atoms with Gasteiger partial charge in [0.15, 0.2) is 11.6 Å². The highest BCUT2D eigenvalue weighted by molar-refractivity contribution is 6.30. The lowest BCUT2D eigenvalue weighted by molar-refractivity contribution is 0.0171. The maximum absolute atomic E-state index is 13.0. The third-order valence-electron chi connectivity index (χ3n) is 5.05. The molecule has 6 heteroatoms. The smallest absolute Gasteiger partial charge is 0.196 e. The number of nitrogens with one attached hydrogen (secondary N) is 1. The molecule has 0 radical (unpaired) electrons. The zero-order valence-electron chi connectivity index (χ0n) is 15.0. The van der Waals surface area contributed by atoms with E-state index in [0.29, 0.717) is 54.2 Å². The second-order valence-corrected chi connectivity index (χ2v) is 6.88. The number of ketones is 2. The fourth-order valence-corrected chi connectivity index (χ4v) is 3.67. The van der Waals surface area contributed by atoms with E-state index in [-0.39, 0.29) is 11.6 Å². The van der Waals surface area contributed by atoms with Crippen LogP contribution in [-0.2, 0) is 4.74 Å². The van der Waals surface area contributed by atoms with Crippen molar-refractivity contribution in [2.75, 3.05) is 44.7 Å². The highest BCUT2D eigenvalue weighted by Crippen LogP contribution is 2.31. The molecule has 1 aliphatic heterocycles. The molecule has 0 bridgehead atoms. The molecule has 140 valence electrons. The molecule has 2 aromatic carbocycles. The fourth-order valence-electron chi connectivity index (χ4n) is 3.67. The van der Waals surface area contributed by atoms with Crippen LogP contribution in [0.1, 0.15) is 31.8 Å². The number of carbonyl (C=O) groups excluding carboxylic acids is 2. The minimum absolute atomic E-state index is 0.141. The Morgan fingerprint density at radius 3 is 2.37 bits per heavy atom. The van der Waals surface area contributed by atoms with Crippen LogP contribution in [0.15, 0.2) is 42.5 Å². The number of anilines is 1. The Hall–Kier alpha value is -2.54. The van der Waals surface area contributed by atoms with Gasteiger partial charge in [0, 0.05) is 48.6 Å². The van der Waals surface area contributed by atoms with E-state index in [0.717, 1.165) is 13.1 Å². The summed E-state index contributed by atoms with van der Waals surface area (Å²) in [6.45, 7) is 3.83. The first-order chi connectivity index (χ1) is 13.1. The number of aliphatic hydroxyl groups excluding tert-OH is 1. The average Bonchev–Trinajstić information content (AvgIpc) is 2.71. The summed E-state index contributed by atoms with van der Waals surface area (Å²) in [5, 5.41) is 13.5. The van der Waals surface area contributed by atoms with Crippen LogP contribution >= 0.6 is 0 Å². The van der Waals surface area contributed by atoms with E-state index in [1.54, 1.807) is 42.5 Å². The summed E-state index contributed by atoms with van der Waals surface area (Å²) in [4.78, 5) is 27.9. The highest BCUT2D eigenvalue weighted by Gasteiger charge is 2.31. The number of morpholine rings is 1. The molecule has 2 aromatic rings. The maximum atomic E-state index is 13.0. The van der Waals surface area contributed by atoms with Gasteiger partial charge in [-0.15, -0.1) is 0 Å². The van der Waals surface area contributed by atoms with E-state index >= 15 is 0 Å². The Morgan fingerprint density at radius 2 is 1.63 bits per heavy atom. The standard InChI is InChI=1S/C21H22N2O4/c24-14(13-23-8-10-27-11-9-23)12-22-18-7-3-6-17-19(18)21(26)16-5-2-1-4-15(16)20(17)25/h1-7,14,22,24H,8-13H2. The lowest BCUT2D eigenvalue weighted by Gasteiger charge is -2.29. The van der Waals surface area contributed by atoms with Crippen molar-refractivity contribution in [3.8, 4) is 0 Å². The van der Waals surface area contributed by atoms with Crippen molar-refractivity contribution < 1.29 is 19.4 Å². The minimum Gasteiger partial charge on any atom is -0.390 e. The van der Waals surface area contributed by atoms with Gasteiger partial charge in [0.2, 0.25) is 0 Å². The molecule has 1 saturated heterocycles. The lowest BCUT2D eigenvalue weighted by Crippen LogP contribution is -2.42. The number of β-amino-alcohol motifs (C(OH)–C–C–N with tert-alkyl or cyclic N) is 1. The molecule has 2 aliphatic rings. The molecular formula is C21H22N2O4. The van der Waals surface area contributed by atoms with Crippen molar-refractivity contribution in [1.82, 2.24) is 4.90 Å². The van der Waals surface area contributed by atoms with Crippen LogP contribution in [0.5, 0.6) is 0 Å². The molecule has 4 rings (SSSR count). The van der Waals surface area contributed by atoms with Gasteiger partial charge < -0.3 is 15.2 Å². The number of hydrogen-bond acceptors (Lipinski definition) is 6. The zero-order valence-corrected chi connectivity index (χ0v) is 15.0. The first kappa shape index (κ1) is 17.9. The second-order valence-electron chi connectivity index (χ2n) is 6.88. The molecule has 1 aliphatic carbocycles. The molecule has 0 saturated carbocycles. The third-order valence-corrected chi connectivity index (χ3v) is 5.05. The number of benzene rings is 2. The fraction of sp³-hybridized carbons (Fsp3) is 0.333. The molecule has 0 amide bonds. The zero-order chi connectivity index (χ0) is 18.8.